The summed E-state index contributed by atoms with van der Waals surface area (Å²) in [5.41, 5.74) is 2.96. The number of carboxylic acids is 1. The first kappa shape index (κ1) is 13.0. The Hall–Kier alpha value is -2.43. The number of carbonyl (C=O) groups is 1. The molecule has 0 amide bonds. The normalized spacial score (nSPS) is 10.2. The average Bonchev–Trinajstić information content (AvgIpc) is 2.45. The Morgan fingerprint density at radius 2 is 2.00 bits per heavy atom. The second kappa shape index (κ2) is 5.95. The van der Waals surface area contributed by atoms with Gasteiger partial charge in [-0.2, -0.15) is 0 Å². The molecule has 0 saturated carbocycles. The van der Waals surface area contributed by atoms with E-state index in [4.69, 9.17) is 5.11 Å². The molecule has 0 saturated heterocycles. The van der Waals surface area contributed by atoms with Gasteiger partial charge in [0.1, 0.15) is 5.82 Å². The predicted octanol–water partition coefficient (Wildman–Crippen LogP) is 2.20. The van der Waals surface area contributed by atoms with Crippen molar-refractivity contribution in [1.29, 1.82) is 0 Å². The van der Waals surface area contributed by atoms with Crippen LogP contribution in [0.5, 0.6) is 0 Å². The number of aryl methyl sites for hydroxylation is 1. The summed E-state index contributed by atoms with van der Waals surface area (Å²) in [6, 6.07) is 7.93. The first-order valence-corrected chi connectivity index (χ1v) is 6.00. The van der Waals surface area contributed by atoms with Crippen LogP contribution in [0.3, 0.4) is 0 Å². The highest BCUT2D eigenvalue weighted by atomic mass is 16.4. The summed E-state index contributed by atoms with van der Waals surface area (Å²) in [7, 11) is 1.87. The molecule has 0 aliphatic heterocycles. The maximum atomic E-state index is 10.5. The number of aromatic nitrogens is 2. The minimum absolute atomic E-state index is 0.0502. The van der Waals surface area contributed by atoms with Gasteiger partial charge in [0.25, 0.3) is 0 Å². The molecule has 2 rings (SSSR count). The summed E-state index contributed by atoms with van der Waals surface area (Å²) < 4.78 is 0. The van der Waals surface area contributed by atoms with Gasteiger partial charge < -0.3 is 10.4 Å². The molecule has 0 aliphatic rings. The second-order valence-electron chi connectivity index (χ2n) is 4.11. The molecule has 0 fully saturated rings. The van der Waals surface area contributed by atoms with Gasteiger partial charge in [0, 0.05) is 37.1 Å². The van der Waals surface area contributed by atoms with Crippen LogP contribution in [0.4, 0.5) is 5.69 Å². The Balaban J connectivity index is 2.15. The van der Waals surface area contributed by atoms with Crippen molar-refractivity contribution in [2.45, 2.75) is 12.8 Å². The first-order chi connectivity index (χ1) is 9.19. The van der Waals surface area contributed by atoms with Crippen LogP contribution in [-0.4, -0.2) is 28.1 Å². The molecule has 1 aromatic carbocycles. The molecule has 0 spiro atoms. The van der Waals surface area contributed by atoms with E-state index in [1.165, 1.54) is 0 Å². The third kappa shape index (κ3) is 3.51. The third-order valence-corrected chi connectivity index (χ3v) is 2.75. The number of nitrogens with zero attached hydrogens (tertiary/aromatic N) is 2. The van der Waals surface area contributed by atoms with Crippen LogP contribution in [0, 0.1) is 0 Å². The lowest BCUT2D eigenvalue weighted by molar-refractivity contribution is -0.137. The van der Waals surface area contributed by atoms with Crippen molar-refractivity contribution in [3.63, 3.8) is 0 Å². The lowest BCUT2D eigenvalue weighted by Crippen LogP contribution is -2.01. The number of hydrogen-bond acceptors (Lipinski definition) is 4. The molecule has 98 valence electrons. The number of nitrogens with one attached hydrogen (secondary N) is 1. The van der Waals surface area contributed by atoms with Gasteiger partial charge >= 0.3 is 5.97 Å². The second-order valence-corrected chi connectivity index (χ2v) is 4.11. The van der Waals surface area contributed by atoms with Crippen LogP contribution in [0.2, 0.25) is 0 Å². The van der Waals surface area contributed by atoms with Crippen LogP contribution >= 0.6 is 0 Å². The lowest BCUT2D eigenvalue weighted by Gasteiger charge is -2.05. The van der Waals surface area contributed by atoms with Gasteiger partial charge in [0.15, 0.2) is 0 Å². The molecule has 2 aromatic rings. The number of benzene rings is 1. The van der Waals surface area contributed by atoms with Gasteiger partial charge in [0.05, 0.1) is 6.42 Å². The number of rotatable bonds is 5. The fourth-order valence-corrected chi connectivity index (χ4v) is 1.71. The maximum absolute atomic E-state index is 10.5. The number of hydrogen-bond donors (Lipinski definition) is 2. The molecule has 0 atom stereocenters. The Labute approximate surface area is 111 Å². The van der Waals surface area contributed by atoms with Crippen LogP contribution in [0.15, 0.2) is 36.7 Å². The number of anilines is 1. The summed E-state index contributed by atoms with van der Waals surface area (Å²) >= 11 is 0. The van der Waals surface area contributed by atoms with E-state index in [0.29, 0.717) is 12.2 Å². The highest BCUT2D eigenvalue weighted by Gasteiger charge is 2.03. The first-order valence-electron chi connectivity index (χ1n) is 6.00. The summed E-state index contributed by atoms with van der Waals surface area (Å²) in [4.78, 5) is 18.8. The Kier molecular flexibility index (Phi) is 4.07. The quantitative estimate of drug-likeness (QED) is 0.858. The Morgan fingerprint density at radius 1 is 1.26 bits per heavy atom. The van der Waals surface area contributed by atoms with Crippen molar-refractivity contribution in [1.82, 2.24) is 9.97 Å². The van der Waals surface area contributed by atoms with Crippen molar-refractivity contribution < 1.29 is 9.90 Å². The van der Waals surface area contributed by atoms with Gasteiger partial charge in [-0.15, -0.1) is 0 Å². The molecule has 2 N–H and O–H groups in total. The van der Waals surface area contributed by atoms with Crippen LogP contribution in [0.25, 0.3) is 11.1 Å². The zero-order valence-electron chi connectivity index (χ0n) is 10.6. The molecule has 0 aliphatic carbocycles. The van der Waals surface area contributed by atoms with E-state index < -0.39 is 5.97 Å². The van der Waals surface area contributed by atoms with Crippen molar-refractivity contribution in [3.05, 3.63) is 42.5 Å². The topological polar surface area (TPSA) is 75.1 Å². The van der Waals surface area contributed by atoms with E-state index >= 15 is 0 Å². The molecule has 19 heavy (non-hydrogen) atoms. The zero-order valence-corrected chi connectivity index (χ0v) is 10.6. The predicted molar refractivity (Wildman–Crippen MR) is 73.0 cm³/mol. The van der Waals surface area contributed by atoms with Crippen LogP contribution < -0.4 is 5.32 Å². The minimum Gasteiger partial charge on any atom is -0.481 e. The van der Waals surface area contributed by atoms with E-state index in [0.717, 1.165) is 16.8 Å². The summed E-state index contributed by atoms with van der Waals surface area (Å²) in [6.07, 6.45) is 3.85. The van der Waals surface area contributed by atoms with E-state index in [-0.39, 0.29) is 6.42 Å². The highest BCUT2D eigenvalue weighted by molar-refractivity contribution is 5.67. The smallest absolute Gasteiger partial charge is 0.303 e. The molecule has 1 aromatic heterocycles. The van der Waals surface area contributed by atoms with Gasteiger partial charge in [-0.05, 0) is 17.7 Å². The molecule has 5 heteroatoms. The monoisotopic (exact) mass is 257 g/mol. The van der Waals surface area contributed by atoms with Crippen molar-refractivity contribution in [2.75, 3.05) is 12.4 Å². The fraction of sp³-hybridized carbons (Fsp3) is 0.214. The van der Waals surface area contributed by atoms with Gasteiger partial charge in [-0.1, -0.05) is 12.1 Å². The number of aliphatic carboxylic acids is 1. The molecule has 5 nitrogen and oxygen atoms in total. The fourth-order valence-electron chi connectivity index (χ4n) is 1.71. The highest BCUT2D eigenvalue weighted by Crippen LogP contribution is 2.21. The zero-order chi connectivity index (χ0) is 13.7. The molecular weight excluding hydrogens is 242 g/mol. The van der Waals surface area contributed by atoms with E-state index in [1.54, 1.807) is 12.4 Å². The summed E-state index contributed by atoms with van der Waals surface area (Å²) in [6.45, 7) is 0. The molecule has 0 radical (unpaired) electrons. The van der Waals surface area contributed by atoms with Gasteiger partial charge in [-0.3, -0.25) is 4.79 Å². The molecule has 1 heterocycles. The van der Waals surface area contributed by atoms with Gasteiger partial charge in [-0.25, -0.2) is 9.97 Å². The lowest BCUT2D eigenvalue weighted by atomic mass is 10.1. The van der Waals surface area contributed by atoms with Crippen LogP contribution in [0.1, 0.15) is 12.2 Å². The average molecular weight is 257 g/mol. The molecule has 0 unspecified atom stereocenters. The Morgan fingerprint density at radius 3 is 2.63 bits per heavy atom. The Bertz CT molecular complexity index is 567. The SMILES string of the molecule is CNc1cccc(-c2cnc(CCC(=O)O)nc2)c1. The molecular formula is C14H15N3O2. The van der Waals surface area contributed by atoms with Crippen LogP contribution in [-0.2, 0) is 11.2 Å². The largest absolute Gasteiger partial charge is 0.481 e. The van der Waals surface area contributed by atoms with E-state index in [9.17, 15) is 4.79 Å². The standard InChI is InChI=1S/C14H15N3O2/c1-15-12-4-2-3-10(7-12)11-8-16-13(17-9-11)5-6-14(18)19/h2-4,7-9,15H,5-6H2,1H3,(H,18,19). The van der Waals surface area contributed by atoms with Crippen molar-refractivity contribution in [3.8, 4) is 11.1 Å². The van der Waals surface area contributed by atoms with Crippen molar-refractivity contribution >= 4 is 11.7 Å². The molecule has 0 bridgehead atoms. The van der Waals surface area contributed by atoms with Gasteiger partial charge in [0.2, 0.25) is 0 Å². The minimum atomic E-state index is -0.839. The maximum Gasteiger partial charge on any atom is 0.303 e. The third-order valence-electron chi connectivity index (χ3n) is 2.75. The summed E-state index contributed by atoms with van der Waals surface area (Å²) in [5, 5.41) is 11.7. The van der Waals surface area contributed by atoms with Crippen molar-refractivity contribution in [2.24, 2.45) is 0 Å². The van der Waals surface area contributed by atoms with E-state index in [2.05, 4.69) is 15.3 Å². The van der Waals surface area contributed by atoms with E-state index in [1.807, 2.05) is 31.3 Å². The summed E-state index contributed by atoms with van der Waals surface area (Å²) in [5.74, 6) is -0.287. The number of carboxylic acid groups (broad SMARTS) is 1.